The maximum Gasteiger partial charge on any atom is 0.237 e. The Hall–Kier alpha value is -3.78. The molecule has 2 aromatic carbocycles. The molecule has 166 valence electrons. The van der Waals surface area contributed by atoms with Crippen molar-refractivity contribution in [3.63, 3.8) is 0 Å². The van der Waals surface area contributed by atoms with Crippen LogP contribution >= 0.6 is 11.8 Å². The van der Waals surface area contributed by atoms with E-state index in [1.54, 1.807) is 36.7 Å². The lowest BCUT2D eigenvalue weighted by Crippen LogP contribution is -2.23. The molecule has 1 atom stereocenters. The van der Waals surface area contributed by atoms with Crippen LogP contribution in [0.2, 0.25) is 0 Å². The van der Waals surface area contributed by atoms with Crippen molar-refractivity contribution < 1.29 is 9.59 Å². The molecule has 0 bridgehead atoms. The molecule has 1 N–H and O–H groups in total. The van der Waals surface area contributed by atoms with Gasteiger partial charge in [-0.25, -0.2) is 0 Å². The maximum atomic E-state index is 12.9. The lowest BCUT2D eigenvalue weighted by molar-refractivity contribution is -0.115. The number of rotatable bonds is 8. The predicted molar refractivity (Wildman–Crippen MR) is 129 cm³/mol. The molecule has 4 rings (SSSR count). The molecular weight excluding hydrogens is 434 g/mol. The number of nitrogens with one attached hydrogen (secondary N) is 1. The number of anilines is 1. The molecule has 1 unspecified atom stereocenters. The summed E-state index contributed by atoms with van der Waals surface area (Å²) >= 11 is 1.34. The Balaban J connectivity index is 1.56. The highest BCUT2D eigenvalue weighted by Gasteiger charge is 2.21. The van der Waals surface area contributed by atoms with Gasteiger partial charge in [-0.3, -0.25) is 19.1 Å². The maximum absolute atomic E-state index is 12.9. The normalized spacial score (nSPS) is 11.7. The van der Waals surface area contributed by atoms with Crippen LogP contribution in [0.1, 0.15) is 29.8 Å². The largest absolute Gasteiger partial charge is 0.325 e. The minimum Gasteiger partial charge on any atom is -0.325 e. The van der Waals surface area contributed by atoms with Gasteiger partial charge < -0.3 is 5.32 Å². The third-order valence-corrected chi connectivity index (χ3v) is 6.11. The zero-order chi connectivity index (χ0) is 23.2. The second-order valence-corrected chi connectivity index (χ2v) is 8.81. The van der Waals surface area contributed by atoms with Gasteiger partial charge in [-0.05, 0) is 43.7 Å². The first kappa shape index (κ1) is 22.4. The molecule has 33 heavy (non-hydrogen) atoms. The summed E-state index contributed by atoms with van der Waals surface area (Å²) in [5.41, 5.74) is 3.15. The summed E-state index contributed by atoms with van der Waals surface area (Å²) in [6.07, 6.45) is 3.43. The van der Waals surface area contributed by atoms with E-state index in [0.717, 1.165) is 11.1 Å². The van der Waals surface area contributed by atoms with Gasteiger partial charge in [-0.15, -0.1) is 10.2 Å². The summed E-state index contributed by atoms with van der Waals surface area (Å²) in [7, 11) is 0. The highest BCUT2D eigenvalue weighted by molar-refractivity contribution is 8.00. The van der Waals surface area contributed by atoms with E-state index in [9.17, 15) is 9.59 Å². The van der Waals surface area contributed by atoms with Gasteiger partial charge in [0.05, 0.1) is 11.8 Å². The molecule has 2 heterocycles. The van der Waals surface area contributed by atoms with Crippen molar-refractivity contribution in [1.29, 1.82) is 0 Å². The van der Waals surface area contributed by atoms with Crippen LogP contribution in [0.15, 0.2) is 84.3 Å². The molecule has 0 aliphatic carbocycles. The van der Waals surface area contributed by atoms with Crippen molar-refractivity contribution >= 4 is 29.1 Å². The summed E-state index contributed by atoms with van der Waals surface area (Å²) in [4.78, 5) is 28.6. The number of hydrogen-bond donors (Lipinski definition) is 1. The molecular formula is C25H23N5O2S. The number of ketones is 1. The smallest absolute Gasteiger partial charge is 0.237 e. The van der Waals surface area contributed by atoms with Crippen LogP contribution in [0, 0.1) is 0 Å². The van der Waals surface area contributed by atoms with Crippen molar-refractivity contribution in [2.75, 3.05) is 5.32 Å². The Morgan fingerprint density at radius 3 is 2.48 bits per heavy atom. The standard InChI is InChI=1S/C25H23N5O2S/c1-17(31)21-9-6-10-22(15-21)27-24(32)18(2)33-25-29-28-23(20-11-13-26-14-12-20)30(25)16-19-7-4-3-5-8-19/h3-15,18H,16H2,1-2H3,(H,27,32). The van der Waals surface area contributed by atoms with Crippen molar-refractivity contribution in [2.24, 2.45) is 0 Å². The minimum absolute atomic E-state index is 0.0498. The summed E-state index contributed by atoms with van der Waals surface area (Å²) in [5, 5.41) is 11.9. The van der Waals surface area contributed by atoms with Crippen LogP contribution in [-0.2, 0) is 11.3 Å². The summed E-state index contributed by atoms with van der Waals surface area (Å²) in [5.74, 6) is 0.483. The van der Waals surface area contributed by atoms with Gasteiger partial charge in [-0.2, -0.15) is 0 Å². The minimum atomic E-state index is -0.435. The number of carbonyl (C=O) groups excluding carboxylic acids is 2. The van der Waals surface area contributed by atoms with E-state index in [1.165, 1.54) is 18.7 Å². The number of aromatic nitrogens is 4. The van der Waals surface area contributed by atoms with Gasteiger partial charge >= 0.3 is 0 Å². The third-order valence-electron chi connectivity index (χ3n) is 5.03. The lowest BCUT2D eigenvalue weighted by atomic mass is 10.1. The summed E-state index contributed by atoms with van der Waals surface area (Å²) in [6, 6.07) is 20.7. The van der Waals surface area contributed by atoms with E-state index >= 15 is 0 Å². The average molecular weight is 458 g/mol. The highest BCUT2D eigenvalue weighted by Crippen LogP contribution is 2.28. The highest BCUT2D eigenvalue weighted by atomic mass is 32.2. The van der Waals surface area contributed by atoms with E-state index in [4.69, 9.17) is 0 Å². The number of Topliss-reactive ketones (excluding diaryl/α,β-unsaturated/α-hetero) is 1. The molecule has 0 aliphatic rings. The molecule has 7 nitrogen and oxygen atoms in total. The topological polar surface area (TPSA) is 89.8 Å². The number of amides is 1. The molecule has 4 aromatic rings. The number of nitrogens with zero attached hydrogens (tertiary/aromatic N) is 4. The van der Waals surface area contributed by atoms with Gasteiger partial charge in [0.25, 0.3) is 0 Å². The summed E-state index contributed by atoms with van der Waals surface area (Å²) in [6.45, 7) is 3.89. The van der Waals surface area contributed by atoms with Crippen LogP contribution in [0.4, 0.5) is 5.69 Å². The Bertz CT molecular complexity index is 1260. The van der Waals surface area contributed by atoms with Gasteiger partial charge in [0, 0.05) is 29.2 Å². The Kier molecular flexibility index (Phi) is 6.95. The van der Waals surface area contributed by atoms with E-state index in [2.05, 4.69) is 20.5 Å². The molecule has 8 heteroatoms. The van der Waals surface area contributed by atoms with Gasteiger partial charge in [-0.1, -0.05) is 54.2 Å². The van der Waals surface area contributed by atoms with Crippen molar-refractivity contribution in [3.05, 3.63) is 90.3 Å². The van der Waals surface area contributed by atoms with Crippen molar-refractivity contribution in [1.82, 2.24) is 19.7 Å². The van der Waals surface area contributed by atoms with E-state index in [-0.39, 0.29) is 11.7 Å². The quantitative estimate of drug-likeness (QED) is 0.304. The molecule has 0 fully saturated rings. The van der Waals surface area contributed by atoms with E-state index in [1.807, 2.05) is 54.0 Å². The van der Waals surface area contributed by atoms with Crippen molar-refractivity contribution in [3.8, 4) is 11.4 Å². The average Bonchev–Trinajstić information content (AvgIpc) is 3.22. The van der Waals surface area contributed by atoms with Gasteiger partial charge in [0.2, 0.25) is 5.91 Å². The van der Waals surface area contributed by atoms with Gasteiger partial charge in [0.15, 0.2) is 16.8 Å². The zero-order valence-electron chi connectivity index (χ0n) is 18.3. The van der Waals surface area contributed by atoms with Crippen LogP contribution in [-0.4, -0.2) is 36.7 Å². The second kappa shape index (κ2) is 10.2. The number of hydrogen-bond acceptors (Lipinski definition) is 6. The van der Waals surface area contributed by atoms with E-state index in [0.29, 0.717) is 28.8 Å². The predicted octanol–water partition coefficient (Wildman–Crippen LogP) is 4.71. The first-order valence-electron chi connectivity index (χ1n) is 10.5. The second-order valence-electron chi connectivity index (χ2n) is 7.50. The number of pyridine rings is 1. The Morgan fingerprint density at radius 1 is 1.00 bits per heavy atom. The lowest BCUT2D eigenvalue weighted by Gasteiger charge is -2.14. The first-order valence-corrected chi connectivity index (χ1v) is 11.4. The fourth-order valence-corrected chi connectivity index (χ4v) is 4.12. The van der Waals surface area contributed by atoms with Gasteiger partial charge in [0.1, 0.15) is 0 Å². The molecule has 1 amide bonds. The molecule has 2 aromatic heterocycles. The SMILES string of the molecule is CC(=O)c1cccc(NC(=O)C(C)Sc2nnc(-c3ccncc3)n2Cc2ccccc2)c1. The fourth-order valence-electron chi connectivity index (χ4n) is 3.27. The Labute approximate surface area is 196 Å². The third kappa shape index (κ3) is 5.53. The molecule has 0 spiro atoms. The number of benzene rings is 2. The Morgan fingerprint density at radius 2 is 1.76 bits per heavy atom. The molecule has 0 radical (unpaired) electrons. The molecule has 0 aliphatic heterocycles. The van der Waals surface area contributed by atoms with Crippen LogP contribution < -0.4 is 5.32 Å². The molecule has 0 saturated heterocycles. The first-order chi connectivity index (χ1) is 16.0. The monoisotopic (exact) mass is 457 g/mol. The fraction of sp³-hybridized carbons (Fsp3) is 0.160. The number of thioether (sulfide) groups is 1. The van der Waals surface area contributed by atoms with Crippen LogP contribution in [0.25, 0.3) is 11.4 Å². The van der Waals surface area contributed by atoms with E-state index < -0.39 is 5.25 Å². The van der Waals surface area contributed by atoms with Crippen molar-refractivity contribution in [2.45, 2.75) is 30.8 Å². The van der Waals surface area contributed by atoms with Crippen LogP contribution in [0.3, 0.4) is 0 Å². The summed E-state index contributed by atoms with van der Waals surface area (Å²) < 4.78 is 2.01. The van der Waals surface area contributed by atoms with Crippen LogP contribution in [0.5, 0.6) is 0 Å². The zero-order valence-corrected chi connectivity index (χ0v) is 19.1. The number of carbonyl (C=O) groups is 2. The molecule has 0 saturated carbocycles.